The topological polar surface area (TPSA) is 78.4 Å². The standard InChI is InChI=1S/C13H17BrN2O3/c14-9-6-7-13(11(8-9)16(17)18)19-12-5-3-1-2-4-10(12)15/h6-8,10,12H,1-5,15H2. The Kier molecular flexibility index (Phi) is 4.76. The first-order valence-electron chi connectivity index (χ1n) is 6.44. The monoisotopic (exact) mass is 328 g/mol. The van der Waals surface area contributed by atoms with Crippen molar-refractivity contribution >= 4 is 21.6 Å². The van der Waals surface area contributed by atoms with Gasteiger partial charge in [0.25, 0.3) is 0 Å². The highest BCUT2D eigenvalue weighted by Gasteiger charge is 2.25. The quantitative estimate of drug-likeness (QED) is 0.524. The number of nitrogens with two attached hydrogens (primary N) is 1. The zero-order chi connectivity index (χ0) is 13.8. The van der Waals surface area contributed by atoms with Crippen LogP contribution in [0.25, 0.3) is 0 Å². The van der Waals surface area contributed by atoms with Gasteiger partial charge in [-0.2, -0.15) is 0 Å². The number of nitro benzene ring substituents is 1. The van der Waals surface area contributed by atoms with Gasteiger partial charge in [0.05, 0.1) is 4.92 Å². The van der Waals surface area contributed by atoms with Crippen LogP contribution in [0.1, 0.15) is 32.1 Å². The third kappa shape index (κ3) is 3.67. The van der Waals surface area contributed by atoms with Crippen LogP contribution in [0.5, 0.6) is 5.75 Å². The molecule has 1 aliphatic rings. The Hall–Kier alpha value is -1.14. The number of ether oxygens (including phenoxy) is 1. The summed E-state index contributed by atoms with van der Waals surface area (Å²) in [5.74, 6) is 0.301. The predicted octanol–water partition coefficient (Wildman–Crippen LogP) is 3.40. The smallest absolute Gasteiger partial charge is 0.312 e. The van der Waals surface area contributed by atoms with E-state index in [-0.39, 0.29) is 17.8 Å². The molecule has 0 radical (unpaired) electrons. The summed E-state index contributed by atoms with van der Waals surface area (Å²) in [4.78, 5) is 10.6. The Bertz CT molecular complexity index is 467. The lowest BCUT2D eigenvalue weighted by atomic mass is 10.1. The van der Waals surface area contributed by atoms with Crippen LogP contribution in [0.4, 0.5) is 5.69 Å². The van der Waals surface area contributed by atoms with E-state index in [0.29, 0.717) is 10.2 Å². The van der Waals surface area contributed by atoms with Crippen LogP contribution in [0, 0.1) is 10.1 Å². The molecule has 2 atom stereocenters. The first kappa shape index (κ1) is 14.3. The van der Waals surface area contributed by atoms with Crippen molar-refractivity contribution in [3.8, 4) is 5.75 Å². The molecule has 1 saturated carbocycles. The molecule has 1 aromatic carbocycles. The second-order valence-electron chi connectivity index (χ2n) is 4.83. The highest BCUT2D eigenvalue weighted by Crippen LogP contribution is 2.32. The average Bonchev–Trinajstić information content (AvgIpc) is 2.57. The average molecular weight is 329 g/mol. The van der Waals surface area contributed by atoms with Crippen molar-refractivity contribution in [2.45, 2.75) is 44.2 Å². The minimum atomic E-state index is -0.428. The third-order valence-corrected chi connectivity index (χ3v) is 3.89. The van der Waals surface area contributed by atoms with Crippen molar-refractivity contribution in [1.82, 2.24) is 0 Å². The van der Waals surface area contributed by atoms with Gasteiger partial charge in [0.1, 0.15) is 6.10 Å². The van der Waals surface area contributed by atoms with Crippen LogP contribution < -0.4 is 10.5 Å². The van der Waals surface area contributed by atoms with Crippen LogP contribution >= 0.6 is 15.9 Å². The largest absolute Gasteiger partial charge is 0.482 e. The van der Waals surface area contributed by atoms with Gasteiger partial charge in [-0.25, -0.2) is 0 Å². The van der Waals surface area contributed by atoms with Gasteiger partial charge in [-0.05, 0) is 31.4 Å². The lowest BCUT2D eigenvalue weighted by Crippen LogP contribution is -2.38. The van der Waals surface area contributed by atoms with E-state index in [1.807, 2.05) is 0 Å². The first-order chi connectivity index (χ1) is 9.08. The molecule has 1 fully saturated rings. The summed E-state index contributed by atoms with van der Waals surface area (Å²) < 4.78 is 6.47. The summed E-state index contributed by atoms with van der Waals surface area (Å²) in [6.45, 7) is 0. The maximum absolute atomic E-state index is 11.0. The predicted molar refractivity (Wildman–Crippen MR) is 76.3 cm³/mol. The fraction of sp³-hybridized carbons (Fsp3) is 0.538. The molecular weight excluding hydrogens is 312 g/mol. The van der Waals surface area contributed by atoms with E-state index in [9.17, 15) is 10.1 Å². The first-order valence-corrected chi connectivity index (χ1v) is 7.23. The number of nitro groups is 1. The Morgan fingerprint density at radius 2 is 2.05 bits per heavy atom. The number of rotatable bonds is 3. The molecule has 2 rings (SSSR count). The van der Waals surface area contributed by atoms with Crippen LogP contribution in [0.3, 0.4) is 0 Å². The van der Waals surface area contributed by atoms with Crippen molar-refractivity contribution in [2.24, 2.45) is 5.73 Å². The van der Waals surface area contributed by atoms with Crippen LogP contribution in [-0.2, 0) is 0 Å². The fourth-order valence-electron chi connectivity index (χ4n) is 2.34. The highest BCUT2D eigenvalue weighted by atomic mass is 79.9. The van der Waals surface area contributed by atoms with Gasteiger partial charge >= 0.3 is 5.69 Å². The molecule has 0 aromatic heterocycles. The van der Waals surface area contributed by atoms with E-state index in [4.69, 9.17) is 10.5 Å². The maximum atomic E-state index is 11.0. The zero-order valence-corrected chi connectivity index (χ0v) is 12.1. The minimum absolute atomic E-state index is 0.0224. The van der Waals surface area contributed by atoms with Gasteiger partial charge in [0.15, 0.2) is 5.75 Å². The van der Waals surface area contributed by atoms with Gasteiger partial charge in [0, 0.05) is 16.6 Å². The number of hydrogen-bond acceptors (Lipinski definition) is 4. The second-order valence-corrected chi connectivity index (χ2v) is 5.74. The zero-order valence-electron chi connectivity index (χ0n) is 10.5. The van der Waals surface area contributed by atoms with E-state index < -0.39 is 4.92 Å². The number of halogens is 1. The van der Waals surface area contributed by atoms with Gasteiger partial charge < -0.3 is 10.5 Å². The van der Waals surface area contributed by atoms with Crippen LogP contribution in [0.2, 0.25) is 0 Å². The van der Waals surface area contributed by atoms with Crippen molar-refractivity contribution < 1.29 is 9.66 Å². The molecule has 0 heterocycles. The van der Waals surface area contributed by atoms with Gasteiger partial charge in [-0.3, -0.25) is 10.1 Å². The van der Waals surface area contributed by atoms with Crippen LogP contribution in [-0.4, -0.2) is 17.1 Å². The molecule has 2 unspecified atom stereocenters. The Morgan fingerprint density at radius 3 is 2.79 bits per heavy atom. The summed E-state index contributed by atoms with van der Waals surface area (Å²) in [6.07, 6.45) is 4.94. The summed E-state index contributed by atoms with van der Waals surface area (Å²) in [6, 6.07) is 4.77. The van der Waals surface area contributed by atoms with Crippen LogP contribution in [0.15, 0.2) is 22.7 Å². The Labute approximate surface area is 120 Å². The lowest BCUT2D eigenvalue weighted by Gasteiger charge is -2.22. The summed E-state index contributed by atoms with van der Waals surface area (Å²) in [5, 5.41) is 11.0. The van der Waals surface area contributed by atoms with Gasteiger partial charge in [-0.1, -0.05) is 28.8 Å². The highest BCUT2D eigenvalue weighted by molar-refractivity contribution is 9.10. The lowest BCUT2D eigenvalue weighted by molar-refractivity contribution is -0.386. The Morgan fingerprint density at radius 1 is 1.32 bits per heavy atom. The van der Waals surface area contributed by atoms with E-state index in [0.717, 1.165) is 32.1 Å². The minimum Gasteiger partial charge on any atom is -0.482 e. The molecule has 0 spiro atoms. The molecule has 0 aliphatic heterocycles. The number of benzene rings is 1. The van der Waals surface area contributed by atoms with Crippen molar-refractivity contribution in [3.05, 3.63) is 32.8 Å². The molecule has 5 nitrogen and oxygen atoms in total. The molecule has 1 aromatic rings. The SMILES string of the molecule is NC1CCCCCC1Oc1ccc(Br)cc1[N+](=O)[O-]. The summed E-state index contributed by atoms with van der Waals surface area (Å²) in [7, 11) is 0. The normalized spacial score (nSPS) is 23.7. The molecule has 1 aliphatic carbocycles. The van der Waals surface area contributed by atoms with Gasteiger partial charge in [-0.15, -0.1) is 0 Å². The molecule has 104 valence electrons. The van der Waals surface area contributed by atoms with E-state index >= 15 is 0 Å². The molecule has 2 N–H and O–H groups in total. The van der Waals surface area contributed by atoms with E-state index in [1.165, 1.54) is 6.07 Å². The molecular formula is C13H17BrN2O3. The summed E-state index contributed by atoms with van der Waals surface area (Å²) in [5.41, 5.74) is 6.06. The third-order valence-electron chi connectivity index (χ3n) is 3.40. The maximum Gasteiger partial charge on any atom is 0.312 e. The second kappa shape index (κ2) is 6.34. The van der Waals surface area contributed by atoms with Crippen molar-refractivity contribution in [3.63, 3.8) is 0 Å². The number of nitrogens with zero attached hydrogens (tertiary/aromatic N) is 1. The molecule has 19 heavy (non-hydrogen) atoms. The van der Waals surface area contributed by atoms with E-state index in [2.05, 4.69) is 15.9 Å². The Balaban J connectivity index is 2.19. The fourth-order valence-corrected chi connectivity index (χ4v) is 2.69. The molecule has 0 amide bonds. The molecule has 6 heteroatoms. The van der Waals surface area contributed by atoms with Crippen molar-refractivity contribution in [2.75, 3.05) is 0 Å². The van der Waals surface area contributed by atoms with Gasteiger partial charge in [0.2, 0.25) is 0 Å². The number of hydrogen-bond donors (Lipinski definition) is 1. The van der Waals surface area contributed by atoms with E-state index in [1.54, 1.807) is 12.1 Å². The van der Waals surface area contributed by atoms with Crippen molar-refractivity contribution in [1.29, 1.82) is 0 Å². The molecule has 0 bridgehead atoms. The summed E-state index contributed by atoms with van der Waals surface area (Å²) >= 11 is 3.23. The molecule has 0 saturated heterocycles.